The molecule has 1 aromatic heterocycles. The summed E-state index contributed by atoms with van der Waals surface area (Å²) >= 11 is 12.2. The van der Waals surface area contributed by atoms with Crippen LogP contribution in [0.3, 0.4) is 0 Å². The molecule has 2 saturated heterocycles. The van der Waals surface area contributed by atoms with Gasteiger partial charge >= 0.3 is 11.8 Å². The Hall–Kier alpha value is -4.09. The zero-order chi connectivity index (χ0) is 27.5. The van der Waals surface area contributed by atoms with Gasteiger partial charge in [0.15, 0.2) is 0 Å². The molecule has 2 amide bonds. The summed E-state index contributed by atoms with van der Waals surface area (Å²) in [5, 5.41) is 14.6. The van der Waals surface area contributed by atoms with Gasteiger partial charge in [0.1, 0.15) is 6.10 Å². The monoisotopic (exact) mass is 570 g/mol. The van der Waals surface area contributed by atoms with Crippen LogP contribution < -0.4 is 20.0 Å². The van der Waals surface area contributed by atoms with E-state index in [9.17, 15) is 19.7 Å². The number of ether oxygens (including phenoxy) is 1. The molecule has 202 valence electrons. The number of cyclic esters (lactones) is 1. The standard InChI is InChI=1S/C26H24Cl2N6O5/c27-20-3-1-4-21(28)23(20)25(35)30-15-19-16-33(26(36)39-19)18-8-6-17(7-9-18)31-11-13-32(14-12-31)24-22(34(37)38)5-2-10-29-24/h1-10,19H,11-16H2,(H,30,35)/t19-/m0/s1. The number of hydrogen-bond acceptors (Lipinski definition) is 8. The molecule has 2 fully saturated rings. The summed E-state index contributed by atoms with van der Waals surface area (Å²) in [7, 11) is 0. The number of hydrogen-bond donors (Lipinski definition) is 1. The molecule has 0 radical (unpaired) electrons. The van der Waals surface area contributed by atoms with E-state index in [2.05, 4.69) is 15.2 Å². The largest absolute Gasteiger partial charge is 0.442 e. The predicted octanol–water partition coefficient (Wildman–Crippen LogP) is 4.38. The van der Waals surface area contributed by atoms with Crippen molar-refractivity contribution in [1.82, 2.24) is 10.3 Å². The van der Waals surface area contributed by atoms with Crippen molar-refractivity contribution in [2.75, 3.05) is 54.0 Å². The lowest BCUT2D eigenvalue weighted by molar-refractivity contribution is -0.384. The Kier molecular flexibility index (Phi) is 7.71. The normalized spacial score (nSPS) is 17.2. The quantitative estimate of drug-likeness (QED) is 0.328. The Balaban J connectivity index is 1.16. The van der Waals surface area contributed by atoms with Crippen molar-refractivity contribution in [1.29, 1.82) is 0 Å². The van der Waals surface area contributed by atoms with E-state index >= 15 is 0 Å². The second-order valence-corrected chi connectivity index (χ2v) is 9.83. The average Bonchev–Trinajstić information content (AvgIpc) is 3.32. The van der Waals surface area contributed by atoms with E-state index in [1.165, 1.54) is 11.0 Å². The zero-order valence-corrected chi connectivity index (χ0v) is 22.1. The minimum Gasteiger partial charge on any atom is -0.442 e. The van der Waals surface area contributed by atoms with Gasteiger partial charge in [0.05, 0.1) is 33.6 Å². The van der Waals surface area contributed by atoms with Crippen LogP contribution in [0.2, 0.25) is 10.0 Å². The fourth-order valence-corrected chi connectivity index (χ4v) is 5.21. The van der Waals surface area contributed by atoms with Crippen molar-refractivity contribution >= 4 is 58.1 Å². The van der Waals surface area contributed by atoms with E-state index in [-0.39, 0.29) is 34.4 Å². The summed E-state index contributed by atoms with van der Waals surface area (Å²) < 4.78 is 5.44. The minimum absolute atomic E-state index is 0.00154. The summed E-state index contributed by atoms with van der Waals surface area (Å²) in [5.41, 5.74) is 1.83. The van der Waals surface area contributed by atoms with Crippen molar-refractivity contribution in [3.05, 3.63) is 86.5 Å². The van der Waals surface area contributed by atoms with Gasteiger partial charge in [-0.3, -0.25) is 19.8 Å². The molecule has 1 atom stereocenters. The van der Waals surface area contributed by atoms with Crippen LogP contribution in [0, 0.1) is 10.1 Å². The summed E-state index contributed by atoms with van der Waals surface area (Å²) in [6, 6.07) is 15.4. The van der Waals surface area contributed by atoms with Crippen LogP contribution in [0.4, 0.5) is 27.7 Å². The van der Waals surface area contributed by atoms with Gasteiger partial charge in [0.25, 0.3) is 5.91 Å². The third-order valence-electron chi connectivity index (χ3n) is 6.62. The highest BCUT2D eigenvalue weighted by atomic mass is 35.5. The van der Waals surface area contributed by atoms with Gasteiger partial charge in [-0.15, -0.1) is 0 Å². The molecule has 2 aliphatic rings. The molecular weight excluding hydrogens is 547 g/mol. The van der Waals surface area contributed by atoms with Crippen molar-refractivity contribution in [3.63, 3.8) is 0 Å². The first-order valence-electron chi connectivity index (χ1n) is 12.2. The summed E-state index contributed by atoms with van der Waals surface area (Å²) in [4.78, 5) is 45.8. The number of rotatable bonds is 7. The molecule has 0 spiro atoms. The van der Waals surface area contributed by atoms with Crippen LogP contribution in [-0.4, -0.2) is 67.3 Å². The van der Waals surface area contributed by atoms with Gasteiger partial charge in [0, 0.05) is 49.8 Å². The van der Waals surface area contributed by atoms with E-state index in [0.717, 1.165) is 5.69 Å². The van der Waals surface area contributed by atoms with Crippen LogP contribution in [0.1, 0.15) is 10.4 Å². The second kappa shape index (κ2) is 11.3. The molecule has 0 aliphatic carbocycles. The highest BCUT2D eigenvalue weighted by Gasteiger charge is 2.33. The summed E-state index contributed by atoms with van der Waals surface area (Å²) in [6.07, 6.45) is 0.526. The number of carbonyl (C=O) groups excluding carboxylic acids is 2. The van der Waals surface area contributed by atoms with Crippen LogP contribution in [0.25, 0.3) is 0 Å². The second-order valence-electron chi connectivity index (χ2n) is 9.02. The third kappa shape index (κ3) is 5.69. The van der Waals surface area contributed by atoms with Crippen LogP contribution in [-0.2, 0) is 4.74 Å². The van der Waals surface area contributed by atoms with Gasteiger partial charge in [-0.1, -0.05) is 29.3 Å². The van der Waals surface area contributed by atoms with E-state index in [0.29, 0.717) is 37.7 Å². The molecule has 0 saturated carbocycles. The smallest absolute Gasteiger partial charge is 0.414 e. The first kappa shape index (κ1) is 26.5. The number of pyridine rings is 1. The topological polar surface area (TPSA) is 121 Å². The van der Waals surface area contributed by atoms with Crippen molar-refractivity contribution in [3.8, 4) is 0 Å². The molecule has 13 heteroatoms. The van der Waals surface area contributed by atoms with E-state index in [4.69, 9.17) is 27.9 Å². The maximum atomic E-state index is 12.5. The lowest BCUT2D eigenvalue weighted by atomic mass is 10.2. The van der Waals surface area contributed by atoms with Crippen molar-refractivity contribution in [2.24, 2.45) is 0 Å². The van der Waals surface area contributed by atoms with Gasteiger partial charge < -0.3 is 19.9 Å². The van der Waals surface area contributed by atoms with Crippen molar-refractivity contribution < 1.29 is 19.2 Å². The van der Waals surface area contributed by atoms with Gasteiger partial charge in [-0.2, -0.15) is 0 Å². The molecular formula is C26H24Cl2N6O5. The highest BCUT2D eigenvalue weighted by Crippen LogP contribution is 2.29. The molecule has 11 nitrogen and oxygen atoms in total. The molecule has 3 heterocycles. The zero-order valence-electron chi connectivity index (χ0n) is 20.6. The lowest BCUT2D eigenvalue weighted by Crippen LogP contribution is -2.47. The summed E-state index contributed by atoms with van der Waals surface area (Å²) in [6.45, 7) is 2.89. The van der Waals surface area contributed by atoms with Crippen LogP contribution in [0.15, 0.2) is 60.8 Å². The Morgan fingerprint density at radius 2 is 1.64 bits per heavy atom. The van der Waals surface area contributed by atoms with E-state index in [1.54, 1.807) is 30.5 Å². The first-order valence-corrected chi connectivity index (χ1v) is 13.0. The number of aromatic nitrogens is 1. The number of carbonyl (C=O) groups is 2. The Labute approximate surface area is 234 Å². The third-order valence-corrected chi connectivity index (χ3v) is 7.25. The molecule has 0 unspecified atom stereocenters. The van der Waals surface area contributed by atoms with Gasteiger partial charge in [-0.05, 0) is 42.5 Å². The average molecular weight is 571 g/mol. The van der Waals surface area contributed by atoms with Crippen molar-refractivity contribution in [2.45, 2.75) is 6.10 Å². The molecule has 2 aliphatic heterocycles. The Morgan fingerprint density at radius 3 is 2.31 bits per heavy atom. The number of anilines is 3. The number of nitro groups is 1. The molecule has 39 heavy (non-hydrogen) atoms. The fourth-order valence-electron chi connectivity index (χ4n) is 4.64. The molecule has 2 aromatic carbocycles. The maximum Gasteiger partial charge on any atom is 0.414 e. The molecule has 0 bridgehead atoms. The fraction of sp³-hybridized carbons (Fsp3) is 0.269. The van der Waals surface area contributed by atoms with Crippen LogP contribution in [0.5, 0.6) is 0 Å². The Morgan fingerprint density at radius 1 is 1.00 bits per heavy atom. The number of nitrogens with one attached hydrogen (secondary N) is 1. The van der Waals surface area contributed by atoms with E-state index in [1.807, 2.05) is 29.2 Å². The number of nitrogens with zero attached hydrogens (tertiary/aromatic N) is 5. The van der Waals surface area contributed by atoms with Crippen LogP contribution >= 0.6 is 23.2 Å². The number of piperazine rings is 1. The predicted molar refractivity (Wildman–Crippen MR) is 148 cm³/mol. The summed E-state index contributed by atoms with van der Waals surface area (Å²) in [5.74, 6) is -0.0621. The lowest BCUT2D eigenvalue weighted by Gasteiger charge is -2.36. The minimum atomic E-state index is -0.536. The molecule has 3 aromatic rings. The highest BCUT2D eigenvalue weighted by molar-refractivity contribution is 6.39. The van der Waals surface area contributed by atoms with E-state index < -0.39 is 23.0 Å². The molecule has 5 rings (SSSR count). The Bertz CT molecular complexity index is 1380. The number of amides is 2. The van der Waals surface area contributed by atoms with Gasteiger partial charge in [-0.25, -0.2) is 9.78 Å². The molecule has 1 N–H and O–H groups in total. The number of benzene rings is 2. The maximum absolute atomic E-state index is 12.5. The SMILES string of the molecule is O=C(NC[C@H]1CN(c2ccc(N3CCN(c4ncccc4[N+](=O)[O-])CC3)cc2)C(=O)O1)c1c(Cl)cccc1Cl. The van der Waals surface area contributed by atoms with Gasteiger partial charge in [0.2, 0.25) is 5.82 Å². The first-order chi connectivity index (χ1) is 18.8. The number of halogens is 2.